The second-order valence-corrected chi connectivity index (χ2v) is 7.87. The van der Waals surface area contributed by atoms with Crippen LogP contribution in [0.25, 0.3) is 5.82 Å². The Morgan fingerprint density at radius 1 is 1.27 bits per heavy atom. The number of pyridine rings is 2. The zero-order chi connectivity index (χ0) is 27.7. The number of halogens is 4. The molecule has 3 aromatic rings. The highest BCUT2D eigenvalue weighted by Crippen LogP contribution is 2.31. The minimum atomic E-state index is -4.85. The minimum Gasteiger partial charge on any atom is -0.481 e. The molecule has 1 amide bonds. The molecule has 11 nitrogen and oxygen atoms in total. The van der Waals surface area contributed by atoms with Crippen LogP contribution in [-0.4, -0.2) is 54.7 Å². The molecule has 3 aromatic heterocycles. The van der Waals surface area contributed by atoms with Crippen molar-refractivity contribution in [3.63, 3.8) is 0 Å². The standard InChI is InChI=1S/C22H24F4N6O5/c1-6-31-15(9-33)30-32(21(31)35)17-14(23)7-13(20(29-17)37-12(4)22(24,25)26)18(34)28-16-10(2)8-27-19(36-5)11(16)3/h7-8,12,33H,6,9H2,1-5H3,(H,27,28,34)/t12-/m0/s1. The monoisotopic (exact) mass is 528 g/mol. The molecule has 0 saturated heterocycles. The van der Waals surface area contributed by atoms with E-state index in [1.807, 2.05) is 0 Å². The first-order valence-electron chi connectivity index (χ1n) is 10.9. The molecule has 0 radical (unpaired) electrons. The van der Waals surface area contributed by atoms with Gasteiger partial charge in [0.15, 0.2) is 23.6 Å². The quantitative estimate of drug-likeness (QED) is 0.427. The zero-order valence-corrected chi connectivity index (χ0v) is 20.5. The summed E-state index contributed by atoms with van der Waals surface area (Å²) < 4.78 is 66.5. The molecule has 15 heteroatoms. The number of hydrogen-bond acceptors (Lipinski definition) is 8. The average Bonchev–Trinajstić information content (AvgIpc) is 3.16. The lowest BCUT2D eigenvalue weighted by Gasteiger charge is -2.20. The lowest BCUT2D eigenvalue weighted by molar-refractivity contribution is -0.190. The summed E-state index contributed by atoms with van der Waals surface area (Å²) in [6.07, 6.45) is -5.88. The maximum Gasteiger partial charge on any atom is 0.425 e. The Hall–Kier alpha value is -4.01. The molecule has 0 aliphatic rings. The first kappa shape index (κ1) is 27.6. The highest BCUT2D eigenvalue weighted by Gasteiger charge is 2.39. The van der Waals surface area contributed by atoms with Crippen molar-refractivity contribution in [2.45, 2.75) is 53.1 Å². The summed E-state index contributed by atoms with van der Waals surface area (Å²) in [5.74, 6) is -3.92. The molecule has 0 bridgehead atoms. The molecule has 2 N–H and O–H groups in total. The van der Waals surface area contributed by atoms with E-state index in [-0.39, 0.29) is 23.9 Å². The van der Waals surface area contributed by atoms with Gasteiger partial charge >= 0.3 is 11.9 Å². The van der Waals surface area contributed by atoms with Gasteiger partial charge in [-0.15, -0.1) is 5.10 Å². The van der Waals surface area contributed by atoms with E-state index in [1.54, 1.807) is 20.8 Å². The molecule has 0 saturated carbocycles. The van der Waals surface area contributed by atoms with Crippen LogP contribution in [0.1, 0.15) is 41.2 Å². The fourth-order valence-electron chi connectivity index (χ4n) is 3.41. The topological polar surface area (TPSA) is 133 Å². The van der Waals surface area contributed by atoms with Gasteiger partial charge < -0.3 is 19.9 Å². The summed E-state index contributed by atoms with van der Waals surface area (Å²) in [5, 5.41) is 15.7. The van der Waals surface area contributed by atoms with Crippen molar-refractivity contribution in [1.29, 1.82) is 0 Å². The smallest absolute Gasteiger partial charge is 0.425 e. The van der Waals surface area contributed by atoms with E-state index in [0.29, 0.717) is 28.8 Å². The molecule has 0 spiro atoms. The summed E-state index contributed by atoms with van der Waals surface area (Å²) >= 11 is 0. The number of rotatable bonds is 8. The summed E-state index contributed by atoms with van der Waals surface area (Å²) in [6.45, 7) is 4.86. The van der Waals surface area contributed by atoms with Gasteiger partial charge in [0.1, 0.15) is 12.2 Å². The highest BCUT2D eigenvalue weighted by atomic mass is 19.4. The molecular formula is C22H24F4N6O5. The summed E-state index contributed by atoms with van der Waals surface area (Å²) in [5.41, 5.74) is -0.421. The molecule has 0 fully saturated rings. The number of aliphatic hydroxyl groups excluding tert-OH is 1. The Morgan fingerprint density at radius 3 is 2.49 bits per heavy atom. The van der Waals surface area contributed by atoms with Crippen LogP contribution < -0.4 is 20.5 Å². The Kier molecular flexibility index (Phi) is 7.86. The maximum absolute atomic E-state index is 15.2. The average molecular weight is 528 g/mol. The number of carbonyl (C=O) groups is 1. The first-order chi connectivity index (χ1) is 17.3. The molecule has 0 unspecified atom stereocenters. The zero-order valence-electron chi connectivity index (χ0n) is 20.5. The molecule has 37 heavy (non-hydrogen) atoms. The number of aryl methyl sites for hydroxylation is 1. The molecule has 0 aliphatic carbocycles. The van der Waals surface area contributed by atoms with Crippen LogP contribution in [0.2, 0.25) is 0 Å². The van der Waals surface area contributed by atoms with Crippen LogP contribution >= 0.6 is 0 Å². The molecule has 0 aliphatic heterocycles. The van der Waals surface area contributed by atoms with Crippen LogP contribution in [0.3, 0.4) is 0 Å². The second-order valence-electron chi connectivity index (χ2n) is 7.87. The summed E-state index contributed by atoms with van der Waals surface area (Å²) in [7, 11) is 1.36. The maximum atomic E-state index is 15.2. The van der Waals surface area contributed by atoms with Gasteiger partial charge in [0, 0.05) is 18.3 Å². The Labute approximate surface area is 207 Å². The predicted octanol–water partition coefficient (Wildman–Crippen LogP) is 2.68. The van der Waals surface area contributed by atoms with Gasteiger partial charge in [0.25, 0.3) is 5.91 Å². The van der Waals surface area contributed by atoms with Crippen LogP contribution in [0.15, 0.2) is 17.1 Å². The third kappa shape index (κ3) is 5.40. The van der Waals surface area contributed by atoms with Crippen molar-refractivity contribution >= 4 is 11.6 Å². The molecule has 3 rings (SSSR count). The van der Waals surface area contributed by atoms with E-state index in [9.17, 15) is 27.9 Å². The van der Waals surface area contributed by atoms with Crippen LogP contribution in [0, 0.1) is 19.7 Å². The number of methoxy groups -OCH3 is 1. The molecule has 1 atom stereocenters. The fourth-order valence-corrected chi connectivity index (χ4v) is 3.41. The third-order valence-corrected chi connectivity index (χ3v) is 5.41. The number of anilines is 1. The van der Waals surface area contributed by atoms with Gasteiger partial charge in [0.2, 0.25) is 11.8 Å². The molecular weight excluding hydrogens is 504 g/mol. The predicted molar refractivity (Wildman–Crippen MR) is 122 cm³/mol. The van der Waals surface area contributed by atoms with Crippen molar-refractivity contribution in [3.8, 4) is 17.6 Å². The van der Waals surface area contributed by atoms with E-state index < -0.39 is 53.6 Å². The van der Waals surface area contributed by atoms with Gasteiger partial charge in [0.05, 0.1) is 12.8 Å². The minimum absolute atomic E-state index is 0.0688. The largest absolute Gasteiger partial charge is 0.481 e. The second kappa shape index (κ2) is 10.5. The van der Waals surface area contributed by atoms with Crippen LogP contribution in [-0.2, 0) is 13.2 Å². The molecule has 200 valence electrons. The highest BCUT2D eigenvalue weighted by molar-refractivity contribution is 6.06. The van der Waals surface area contributed by atoms with Crippen molar-refractivity contribution in [2.24, 2.45) is 0 Å². The summed E-state index contributed by atoms with van der Waals surface area (Å²) in [6, 6.07) is 0.592. The molecule has 3 heterocycles. The number of alkyl halides is 3. The first-order valence-corrected chi connectivity index (χ1v) is 10.9. The third-order valence-electron chi connectivity index (χ3n) is 5.41. The number of nitrogens with zero attached hydrogens (tertiary/aromatic N) is 5. The van der Waals surface area contributed by atoms with Gasteiger partial charge in [-0.1, -0.05) is 0 Å². The Balaban J connectivity index is 2.16. The molecule has 0 aromatic carbocycles. The van der Waals surface area contributed by atoms with Crippen LogP contribution in [0.4, 0.5) is 23.2 Å². The van der Waals surface area contributed by atoms with Gasteiger partial charge in [-0.25, -0.2) is 14.2 Å². The van der Waals surface area contributed by atoms with E-state index in [2.05, 4.69) is 20.4 Å². The normalized spacial score (nSPS) is 12.4. The van der Waals surface area contributed by atoms with E-state index in [0.717, 1.165) is 4.57 Å². The fraction of sp³-hybridized carbons (Fsp3) is 0.409. The Bertz CT molecular complexity index is 1390. The number of carbonyl (C=O) groups excluding carboxylic acids is 1. The number of nitrogens with one attached hydrogen (secondary N) is 1. The number of ether oxygens (including phenoxy) is 2. The lowest BCUT2D eigenvalue weighted by Crippen LogP contribution is -2.33. The number of hydrogen-bond donors (Lipinski definition) is 2. The van der Waals surface area contributed by atoms with Crippen molar-refractivity contribution in [2.75, 3.05) is 12.4 Å². The van der Waals surface area contributed by atoms with E-state index >= 15 is 4.39 Å². The lowest BCUT2D eigenvalue weighted by atomic mass is 10.1. The Morgan fingerprint density at radius 2 is 1.95 bits per heavy atom. The van der Waals surface area contributed by atoms with E-state index in [1.165, 1.54) is 13.3 Å². The number of aromatic nitrogens is 5. The number of amides is 1. The summed E-state index contributed by atoms with van der Waals surface area (Å²) in [4.78, 5) is 33.6. The van der Waals surface area contributed by atoms with Gasteiger partial charge in [-0.3, -0.25) is 9.36 Å². The van der Waals surface area contributed by atoms with Crippen LogP contribution in [0.5, 0.6) is 11.8 Å². The number of aliphatic hydroxyl groups is 1. The van der Waals surface area contributed by atoms with Gasteiger partial charge in [-0.05, 0) is 39.3 Å². The van der Waals surface area contributed by atoms with Crippen molar-refractivity contribution in [1.82, 2.24) is 24.3 Å². The van der Waals surface area contributed by atoms with Crippen molar-refractivity contribution < 1.29 is 36.9 Å². The SMILES string of the molecule is CCn1c(CO)nn(-c2nc(O[C@@H](C)C(F)(F)F)c(C(=O)Nc3c(C)cnc(OC)c3C)cc2F)c1=O. The van der Waals surface area contributed by atoms with Crippen molar-refractivity contribution in [3.05, 3.63) is 51.1 Å². The van der Waals surface area contributed by atoms with E-state index in [4.69, 9.17) is 9.47 Å². The van der Waals surface area contributed by atoms with Gasteiger partial charge in [-0.2, -0.15) is 22.8 Å².